The lowest BCUT2D eigenvalue weighted by Crippen LogP contribution is -2.43. The second-order valence-electron chi connectivity index (χ2n) is 9.10. The van der Waals surface area contributed by atoms with Crippen molar-refractivity contribution >= 4 is 28.9 Å². The SMILES string of the molecule is C[C@@H]1[C@H](C)CCC[C@H]1NCC(=O)Nc1ccc([N+](=O)[O-])cc1C(=O)Nc1ccc2c(c1)OCCO2. The van der Waals surface area contributed by atoms with E-state index in [1.54, 1.807) is 18.2 Å². The van der Waals surface area contributed by atoms with Gasteiger partial charge < -0.3 is 25.4 Å². The quantitative estimate of drug-likeness (QED) is 0.402. The number of hydrogen-bond donors (Lipinski definition) is 3. The highest BCUT2D eigenvalue weighted by atomic mass is 16.6. The summed E-state index contributed by atoms with van der Waals surface area (Å²) in [5.74, 6) is 1.21. The molecule has 0 bridgehead atoms. The Morgan fingerprint density at radius 3 is 2.57 bits per heavy atom. The van der Waals surface area contributed by atoms with E-state index in [-0.39, 0.29) is 35.4 Å². The summed E-state index contributed by atoms with van der Waals surface area (Å²) in [7, 11) is 0. The van der Waals surface area contributed by atoms with E-state index in [9.17, 15) is 19.7 Å². The first-order valence-corrected chi connectivity index (χ1v) is 11.8. The normalized spacial score (nSPS) is 21.1. The van der Waals surface area contributed by atoms with Crippen molar-refractivity contribution in [3.05, 3.63) is 52.1 Å². The molecule has 0 unspecified atom stereocenters. The van der Waals surface area contributed by atoms with Gasteiger partial charge in [-0.15, -0.1) is 0 Å². The van der Waals surface area contributed by atoms with Crippen LogP contribution in [0, 0.1) is 22.0 Å². The summed E-state index contributed by atoms with van der Waals surface area (Å²) in [6.45, 7) is 5.35. The first-order valence-electron chi connectivity index (χ1n) is 11.8. The van der Waals surface area contributed by atoms with E-state index < -0.39 is 10.8 Å². The number of amides is 2. The monoisotopic (exact) mass is 482 g/mol. The summed E-state index contributed by atoms with van der Waals surface area (Å²) in [5, 5.41) is 20.1. The summed E-state index contributed by atoms with van der Waals surface area (Å²) in [5.41, 5.74) is 0.369. The van der Waals surface area contributed by atoms with Crippen LogP contribution in [0.4, 0.5) is 17.1 Å². The molecular formula is C25H30N4O6. The van der Waals surface area contributed by atoms with Crippen LogP contribution in [-0.4, -0.2) is 42.5 Å². The van der Waals surface area contributed by atoms with Crippen LogP contribution in [0.1, 0.15) is 43.5 Å². The Labute approximate surface area is 203 Å². The van der Waals surface area contributed by atoms with Crippen molar-refractivity contribution in [3.8, 4) is 11.5 Å². The Morgan fingerprint density at radius 1 is 1.03 bits per heavy atom. The molecule has 1 saturated carbocycles. The molecule has 1 heterocycles. The number of fused-ring (bicyclic) bond motifs is 1. The van der Waals surface area contributed by atoms with Crippen LogP contribution in [0.2, 0.25) is 0 Å². The number of benzene rings is 2. The van der Waals surface area contributed by atoms with Gasteiger partial charge in [0.1, 0.15) is 13.2 Å². The van der Waals surface area contributed by atoms with Gasteiger partial charge in [0.05, 0.1) is 22.7 Å². The summed E-state index contributed by atoms with van der Waals surface area (Å²) in [6.07, 6.45) is 3.33. The number of ether oxygens (including phenoxy) is 2. The molecular weight excluding hydrogens is 452 g/mol. The van der Waals surface area contributed by atoms with Crippen molar-refractivity contribution in [1.82, 2.24) is 5.32 Å². The maximum Gasteiger partial charge on any atom is 0.270 e. The zero-order valence-corrected chi connectivity index (χ0v) is 19.8. The molecule has 0 saturated heterocycles. The van der Waals surface area contributed by atoms with Crippen LogP contribution in [0.15, 0.2) is 36.4 Å². The van der Waals surface area contributed by atoms with Gasteiger partial charge in [0.15, 0.2) is 11.5 Å². The minimum atomic E-state index is -0.594. The van der Waals surface area contributed by atoms with Crippen LogP contribution < -0.4 is 25.4 Å². The van der Waals surface area contributed by atoms with Crippen molar-refractivity contribution in [2.75, 3.05) is 30.4 Å². The van der Waals surface area contributed by atoms with E-state index >= 15 is 0 Å². The van der Waals surface area contributed by atoms with Gasteiger partial charge in [-0.25, -0.2) is 0 Å². The van der Waals surface area contributed by atoms with Crippen molar-refractivity contribution < 1.29 is 24.0 Å². The van der Waals surface area contributed by atoms with Crippen molar-refractivity contribution in [1.29, 1.82) is 0 Å². The van der Waals surface area contributed by atoms with E-state index in [1.807, 2.05) is 0 Å². The number of nitrogens with one attached hydrogen (secondary N) is 3. The van der Waals surface area contributed by atoms with E-state index in [0.29, 0.717) is 42.2 Å². The Balaban J connectivity index is 1.47. The highest BCUT2D eigenvalue weighted by Crippen LogP contribution is 2.33. The lowest BCUT2D eigenvalue weighted by atomic mass is 9.78. The first kappa shape index (κ1) is 24.5. The maximum absolute atomic E-state index is 13.1. The molecule has 0 radical (unpaired) electrons. The number of non-ortho nitro benzene ring substituents is 1. The number of rotatable bonds is 7. The Morgan fingerprint density at radius 2 is 1.80 bits per heavy atom. The van der Waals surface area contributed by atoms with E-state index in [4.69, 9.17) is 9.47 Å². The summed E-state index contributed by atoms with van der Waals surface area (Å²) < 4.78 is 11.0. The molecule has 1 aliphatic heterocycles. The zero-order chi connectivity index (χ0) is 24.9. The topological polar surface area (TPSA) is 132 Å². The summed E-state index contributed by atoms with van der Waals surface area (Å²) in [6, 6.07) is 8.99. The van der Waals surface area contributed by atoms with Crippen LogP contribution >= 0.6 is 0 Å². The lowest BCUT2D eigenvalue weighted by molar-refractivity contribution is -0.384. The third-order valence-electron chi connectivity index (χ3n) is 6.76. The standard InChI is InChI=1S/C25H30N4O6/c1-15-4-3-5-20(16(15)2)26-14-24(30)28-21-8-7-18(29(32)33)13-19(21)25(31)27-17-6-9-22-23(12-17)35-11-10-34-22/h6-9,12-13,15-16,20,26H,3-5,10-11,14H2,1-2H3,(H,27,31)(H,28,30)/t15-,16-,20-/m1/s1. The summed E-state index contributed by atoms with van der Waals surface area (Å²) >= 11 is 0. The molecule has 2 aliphatic rings. The molecule has 1 fully saturated rings. The van der Waals surface area contributed by atoms with Crippen LogP contribution in [0.5, 0.6) is 11.5 Å². The molecule has 186 valence electrons. The molecule has 4 rings (SSSR count). The van der Waals surface area contributed by atoms with Gasteiger partial charge >= 0.3 is 0 Å². The maximum atomic E-state index is 13.1. The van der Waals surface area contributed by atoms with E-state index in [0.717, 1.165) is 18.9 Å². The average molecular weight is 483 g/mol. The molecule has 1 aliphatic carbocycles. The van der Waals surface area contributed by atoms with Crippen molar-refractivity contribution in [3.63, 3.8) is 0 Å². The fourth-order valence-electron chi connectivity index (χ4n) is 4.55. The molecule has 0 aromatic heterocycles. The number of nitrogens with zero attached hydrogens (tertiary/aromatic N) is 1. The van der Waals surface area contributed by atoms with Crippen LogP contribution in [-0.2, 0) is 4.79 Å². The zero-order valence-electron chi connectivity index (χ0n) is 19.8. The Bertz CT molecular complexity index is 1120. The summed E-state index contributed by atoms with van der Waals surface area (Å²) in [4.78, 5) is 36.5. The highest BCUT2D eigenvalue weighted by Gasteiger charge is 2.27. The Kier molecular flexibility index (Phi) is 7.50. The van der Waals surface area contributed by atoms with Crippen LogP contribution in [0.3, 0.4) is 0 Å². The van der Waals surface area contributed by atoms with Gasteiger partial charge in [-0.3, -0.25) is 19.7 Å². The number of nitro groups is 1. The van der Waals surface area contributed by atoms with Crippen LogP contribution in [0.25, 0.3) is 0 Å². The second-order valence-corrected chi connectivity index (χ2v) is 9.10. The lowest BCUT2D eigenvalue weighted by Gasteiger charge is -2.34. The van der Waals surface area contributed by atoms with Crippen molar-refractivity contribution in [2.45, 2.75) is 39.2 Å². The van der Waals surface area contributed by atoms with Gasteiger partial charge in [-0.05, 0) is 36.5 Å². The van der Waals surface area contributed by atoms with Crippen molar-refractivity contribution in [2.24, 2.45) is 11.8 Å². The third kappa shape index (κ3) is 5.89. The Hall–Kier alpha value is -3.66. The van der Waals surface area contributed by atoms with E-state index in [2.05, 4.69) is 29.8 Å². The molecule has 10 heteroatoms. The number of hydrogen-bond acceptors (Lipinski definition) is 7. The molecule has 10 nitrogen and oxygen atoms in total. The number of carbonyl (C=O) groups is 2. The minimum absolute atomic E-state index is 0.0119. The smallest absolute Gasteiger partial charge is 0.270 e. The second kappa shape index (κ2) is 10.7. The molecule has 2 aromatic carbocycles. The fourth-order valence-corrected chi connectivity index (χ4v) is 4.55. The van der Waals surface area contributed by atoms with Gasteiger partial charge in [-0.1, -0.05) is 26.7 Å². The molecule has 2 aromatic rings. The third-order valence-corrected chi connectivity index (χ3v) is 6.76. The number of nitro benzene ring substituents is 1. The number of anilines is 2. The molecule has 3 atom stereocenters. The number of carbonyl (C=O) groups excluding carboxylic acids is 2. The van der Waals surface area contributed by atoms with E-state index in [1.165, 1.54) is 18.6 Å². The predicted octanol–water partition coefficient (Wildman–Crippen LogP) is 3.97. The molecule has 35 heavy (non-hydrogen) atoms. The van der Waals surface area contributed by atoms with Gasteiger partial charge in [-0.2, -0.15) is 0 Å². The van der Waals surface area contributed by atoms with Gasteiger partial charge in [0, 0.05) is 29.9 Å². The average Bonchev–Trinajstić information content (AvgIpc) is 2.85. The molecule has 3 N–H and O–H groups in total. The molecule has 0 spiro atoms. The minimum Gasteiger partial charge on any atom is -0.486 e. The predicted molar refractivity (Wildman–Crippen MR) is 131 cm³/mol. The highest BCUT2D eigenvalue weighted by molar-refractivity contribution is 6.10. The fraction of sp³-hybridized carbons (Fsp3) is 0.440. The van der Waals surface area contributed by atoms with Gasteiger partial charge in [0.2, 0.25) is 5.91 Å². The van der Waals surface area contributed by atoms with Gasteiger partial charge in [0.25, 0.3) is 11.6 Å². The largest absolute Gasteiger partial charge is 0.486 e. The molecule has 2 amide bonds. The first-order chi connectivity index (χ1) is 16.8.